The van der Waals surface area contributed by atoms with Gasteiger partial charge in [-0.25, -0.2) is 0 Å². The molecule has 108 valence electrons. The molecule has 0 aliphatic rings. The highest BCUT2D eigenvalue weighted by Crippen LogP contribution is 2.24. The average Bonchev–Trinajstić information content (AvgIpc) is 2.85. The molecule has 5 heteroatoms. The molecular weight excluding hydrogens is 256 g/mol. The molecule has 0 fully saturated rings. The smallest absolute Gasteiger partial charge is 0.219 e. The molecule has 0 saturated heterocycles. The standard InChI is InChI=1S/C15H20N2O3/c1-11(19)17(7-8-18)6-5-12-10-16-15-4-3-13(20-2)9-14(12)15/h3-4,9-10,16,18H,5-8H2,1-2H3. The number of nitrogens with one attached hydrogen (secondary N) is 1. The molecule has 0 spiro atoms. The lowest BCUT2D eigenvalue weighted by Gasteiger charge is -2.19. The van der Waals surface area contributed by atoms with Crippen LogP contribution < -0.4 is 4.74 Å². The number of benzene rings is 1. The lowest BCUT2D eigenvalue weighted by atomic mass is 10.1. The number of nitrogens with zero attached hydrogens (tertiary/aromatic N) is 1. The van der Waals surface area contributed by atoms with E-state index in [0.29, 0.717) is 13.1 Å². The summed E-state index contributed by atoms with van der Waals surface area (Å²) in [7, 11) is 1.65. The first kappa shape index (κ1) is 14.4. The second-order valence-corrected chi connectivity index (χ2v) is 4.71. The molecule has 0 atom stereocenters. The van der Waals surface area contributed by atoms with Crippen molar-refractivity contribution >= 4 is 16.8 Å². The third-order valence-corrected chi connectivity index (χ3v) is 3.44. The van der Waals surface area contributed by atoms with Crippen LogP contribution in [0.2, 0.25) is 0 Å². The molecule has 1 heterocycles. The first-order valence-electron chi connectivity index (χ1n) is 6.66. The summed E-state index contributed by atoms with van der Waals surface area (Å²) in [5, 5.41) is 10.1. The van der Waals surface area contributed by atoms with Gasteiger partial charge in [-0.1, -0.05) is 0 Å². The van der Waals surface area contributed by atoms with Gasteiger partial charge in [-0.05, 0) is 30.2 Å². The minimum atomic E-state index is -0.0172. The van der Waals surface area contributed by atoms with Crippen LogP contribution in [0.15, 0.2) is 24.4 Å². The Kier molecular flexibility index (Phi) is 4.63. The van der Waals surface area contributed by atoms with Crippen LogP contribution in [0.3, 0.4) is 0 Å². The third-order valence-electron chi connectivity index (χ3n) is 3.44. The molecule has 0 saturated carbocycles. The van der Waals surface area contributed by atoms with E-state index in [0.717, 1.165) is 28.6 Å². The van der Waals surface area contributed by atoms with Gasteiger partial charge < -0.3 is 19.7 Å². The number of rotatable bonds is 6. The van der Waals surface area contributed by atoms with Crippen molar-refractivity contribution in [1.82, 2.24) is 9.88 Å². The van der Waals surface area contributed by atoms with Gasteiger partial charge >= 0.3 is 0 Å². The molecule has 0 aliphatic heterocycles. The van der Waals surface area contributed by atoms with Gasteiger partial charge in [0.1, 0.15) is 5.75 Å². The number of aromatic nitrogens is 1. The lowest BCUT2D eigenvalue weighted by Crippen LogP contribution is -2.33. The average molecular weight is 276 g/mol. The van der Waals surface area contributed by atoms with Gasteiger partial charge in [0.05, 0.1) is 13.7 Å². The number of H-pyrrole nitrogens is 1. The van der Waals surface area contributed by atoms with Crippen LogP contribution in [0.1, 0.15) is 12.5 Å². The maximum Gasteiger partial charge on any atom is 0.219 e. The Balaban J connectivity index is 2.14. The topological polar surface area (TPSA) is 65.6 Å². The molecule has 0 unspecified atom stereocenters. The molecule has 0 bridgehead atoms. The molecule has 0 radical (unpaired) electrons. The monoisotopic (exact) mass is 276 g/mol. The van der Waals surface area contributed by atoms with E-state index in [1.165, 1.54) is 6.92 Å². The fourth-order valence-corrected chi connectivity index (χ4v) is 2.29. The zero-order valence-electron chi connectivity index (χ0n) is 11.8. The second kappa shape index (κ2) is 6.43. The van der Waals surface area contributed by atoms with Crippen molar-refractivity contribution in [3.05, 3.63) is 30.0 Å². The van der Waals surface area contributed by atoms with Gasteiger partial charge in [-0.15, -0.1) is 0 Å². The van der Waals surface area contributed by atoms with Crippen LogP contribution in [0.5, 0.6) is 5.75 Å². The minimum absolute atomic E-state index is 0.0126. The van der Waals surface area contributed by atoms with Crippen molar-refractivity contribution in [2.24, 2.45) is 0 Å². The van der Waals surface area contributed by atoms with Crippen molar-refractivity contribution in [2.75, 3.05) is 26.8 Å². The summed E-state index contributed by atoms with van der Waals surface area (Å²) >= 11 is 0. The highest BCUT2D eigenvalue weighted by molar-refractivity contribution is 5.84. The third kappa shape index (κ3) is 3.11. The van der Waals surface area contributed by atoms with E-state index in [-0.39, 0.29) is 12.5 Å². The summed E-state index contributed by atoms with van der Waals surface area (Å²) < 4.78 is 5.24. The number of aromatic amines is 1. The Morgan fingerprint density at radius 2 is 2.20 bits per heavy atom. The molecule has 20 heavy (non-hydrogen) atoms. The Labute approximate surface area is 118 Å². The number of aliphatic hydroxyl groups is 1. The number of carbonyl (C=O) groups excluding carboxylic acids is 1. The molecule has 2 aromatic rings. The minimum Gasteiger partial charge on any atom is -0.497 e. The normalized spacial score (nSPS) is 10.8. The first-order valence-corrected chi connectivity index (χ1v) is 6.66. The summed E-state index contributed by atoms with van der Waals surface area (Å²) in [6.07, 6.45) is 2.70. The van der Waals surface area contributed by atoms with E-state index in [2.05, 4.69) is 4.98 Å². The number of hydrogen-bond donors (Lipinski definition) is 2. The number of amides is 1. The number of aliphatic hydroxyl groups excluding tert-OH is 1. The van der Waals surface area contributed by atoms with E-state index in [1.54, 1.807) is 12.0 Å². The molecule has 1 amide bonds. The van der Waals surface area contributed by atoms with Crippen molar-refractivity contribution in [3.8, 4) is 5.75 Å². The number of hydrogen-bond acceptors (Lipinski definition) is 3. The summed E-state index contributed by atoms with van der Waals surface area (Å²) in [6.45, 7) is 2.48. The summed E-state index contributed by atoms with van der Waals surface area (Å²) in [6, 6.07) is 5.88. The maximum absolute atomic E-state index is 11.4. The summed E-state index contributed by atoms with van der Waals surface area (Å²) in [5.74, 6) is 0.800. The number of methoxy groups -OCH3 is 1. The van der Waals surface area contributed by atoms with Crippen LogP contribution >= 0.6 is 0 Å². The van der Waals surface area contributed by atoms with Gasteiger partial charge in [0, 0.05) is 37.1 Å². The SMILES string of the molecule is COc1ccc2[nH]cc(CCN(CCO)C(C)=O)c2c1. The van der Waals surface area contributed by atoms with Gasteiger partial charge in [0.15, 0.2) is 0 Å². The highest BCUT2D eigenvalue weighted by atomic mass is 16.5. The fraction of sp³-hybridized carbons (Fsp3) is 0.400. The van der Waals surface area contributed by atoms with Crippen LogP contribution in [0.25, 0.3) is 10.9 Å². The van der Waals surface area contributed by atoms with E-state index in [9.17, 15) is 4.79 Å². The van der Waals surface area contributed by atoms with Crippen molar-refractivity contribution in [1.29, 1.82) is 0 Å². The molecular formula is C15H20N2O3. The second-order valence-electron chi connectivity index (χ2n) is 4.71. The lowest BCUT2D eigenvalue weighted by molar-refractivity contribution is -0.129. The summed E-state index contributed by atoms with van der Waals surface area (Å²) in [5.41, 5.74) is 2.19. The number of ether oxygens (including phenoxy) is 1. The van der Waals surface area contributed by atoms with Gasteiger partial charge in [-0.3, -0.25) is 4.79 Å². The molecule has 2 N–H and O–H groups in total. The first-order chi connectivity index (χ1) is 9.65. The van der Waals surface area contributed by atoms with E-state index < -0.39 is 0 Å². The van der Waals surface area contributed by atoms with Crippen LogP contribution in [0, 0.1) is 0 Å². The molecule has 0 aliphatic carbocycles. The summed E-state index contributed by atoms with van der Waals surface area (Å²) in [4.78, 5) is 16.3. The predicted octanol–water partition coefficient (Wildman–Crippen LogP) is 1.56. The number of carbonyl (C=O) groups is 1. The van der Waals surface area contributed by atoms with E-state index in [1.807, 2.05) is 24.4 Å². The van der Waals surface area contributed by atoms with Gasteiger partial charge in [-0.2, -0.15) is 0 Å². The van der Waals surface area contributed by atoms with Crippen molar-refractivity contribution in [3.63, 3.8) is 0 Å². The number of fused-ring (bicyclic) bond motifs is 1. The largest absolute Gasteiger partial charge is 0.497 e. The maximum atomic E-state index is 11.4. The van der Waals surface area contributed by atoms with E-state index >= 15 is 0 Å². The zero-order valence-corrected chi connectivity index (χ0v) is 11.8. The van der Waals surface area contributed by atoms with Crippen LogP contribution in [-0.4, -0.2) is 47.7 Å². The van der Waals surface area contributed by atoms with Crippen molar-refractivity contribution in [2.45, 2.75) is 13.3 Å². The molecule has 1 aromatic carbocycles. The Morgan fingerprint density at radius 1 is 1.40 bits per heavy atom. The van der Waals surface area contributed by atoms with Gasteiger partial charge in [0.25, 0.3) is 0 Å². The Morgan fingerprint density at radius 3 is 2.85 bits per heavy atom. The zero-order chi connectivity index (χ0) is 14.5. The van der Waals surface area contributed by atoms with E-state index in [4.69, 9.17) is 9.84 Å². The fourth-order valence-electron chi connectivity index (χ4n) is 2.29. The molecule has 1 aromatic heterocycles. The van der Waals surface area contributed by atoms with Crippen molar-refractivity contribution < 1.29 is 14.6 Å². The Bertz CT molecular complexity index is 592. The predicted molar refractivity (Wildman–Crippen MR) is 77.9 cm³/mol. The molecule has 2 rings (SSSR count). The van der Waals surface area contributed by atoms with Crippen LogP contribution in [0.4, 0.5) is 0 Å². The van der Waals surface area contributed by atoms with Crippen LogP contribution in [-0.2, 0) is 11.2 Å². The van der Waals surface area contributed by atoms with Gasteiger partial charge in [0.2, 0.25) is 5.91 Å². The molecule has 5 nitrogen and oxygen atoms in total. The quantitative estimate of drug-likeness (QED) is 0.841. The Hall–Kier alpha value is -2.01. The highest BCUT2D eigenvalue weighted by Gasteiger charge is 2.10.